The quantitative estimate of drug-likeness (QED) is 0.818. The number of oxazole rings is 1. The number of carbonyl (C=O) groups excluding carboxylic acids is 1. The highest BCUT2D eigenvalue weighted by Gasteiger charge is 2.07. The van der Waals surface area contributed by atoms with Crippen molar-refractivity contribution in [2.45, 2.75) is 12.8 Å². The molecule has 0 aliphatic heterocycles. The van der Waals surface area contributed by atoms with Crippen LogP contribution in [0.15, 0.2) is 34.9 Å². The molecule has 0 spiro atoms. The third kappa shape index (κ3) is 5.46. The van der Waals surface area contributed by atoms with Crippen LogP contribution in [0.5, 0.6) is 0 Å². The molecule has 7 heteroatoms. The molecule has 0 bridgehead atoms. The summed E-state index contributed by atoms with van der Waals surface area (Å²) >= 11 is 0. The van der Waals surface area contributed by atoms with Gasteiger partial charge in [-0.25, -0.2) is 9.37 Å². The summed E-state index contributed by atoms with van der Waals surface area (Å²) in [6.45, 7) is 1.17. The van der Waals surface area contributed by atoms with E-state index in [9.17, 15) is 9.18 Å². The van der Waals surface area contributed by atoms with Crippen molar-refractivity contribution in [3.63, 3.8) is 0 Å². The normalized spacial score (nSPS) is 10.1. The van der Waals surface area contributed by atoms with Crippen molar-refractivity contribution >= 4 is 18.3 Å². The topological polar surface area (TPSA) is 67.2 Å². The van der Waals surface area contributed by atoms with Gasteiger partial charge in [0.1, 0.15) is 12.1 Å². The summed E-state index contributed by atoms with van der Waals surface area (Å²) in [7, 11) is 1.81. The standard InChI is InChI=1S/C15H18FN3O2.ClH/c1-17-8-7-14(20)18-9-6-13-10-21-15(19-13)11-2-4-12(16)5-3-11;/h2-5,10,17H,6-9H2,1H3,(H,18,20);1H. The van der Waals surface area contributed by atoms with Crippen molar-refractivity contribution in [1.82, 2.24) is 15.6 Å². The molecular weight excluding hydrogens is 309 g/mol. The minimum Gasteiger partial charge on any atom is -0.444 e. The lowest BCUT2D eigenvalue weighted by atomic mass is 10.2. The zero-order chi connectivity index (χ0) is 15.1. The Bertz CT molecular complexity index is 587. The number of amides is 1. The second-order valence-corrected chi connectivity index (χ2v) is 4.60. The summed E-state index contributed by atoms with van der Waals surface area (Å²) in [5.74, 6) is 0.160. The molecule has 5 nitrogen and oxygen atoms in total. The van der Waals surface area contributed by atoms with Gasteiger partial charge in [-0.3, -0.25) is 4.79 Å². The third-order valence-electron chi connectivity index (χ3n) is 2.95. The molecule has 0 saturated carbocycles. The van der Waals surface area contributed by atoms with Gasteiger partial charge in [-0.05, 0) is 31.3 Å². The number of aromatic nitrogens is 1. The molecule has 2 N–H and O–H groups in total. The van der Waals surface area contributed by atoms with Crippen molar-refractivity contribution < 1.29 is 13.6 Å². The Labute approximate surface area is 134 Å². The zero-order valence-electron chi connectivity index (χ0n) is 12.3. The Morgan fingerprint density at radius 2 is 2.00 bits per heavy atom. The van der Waals surface area contributed by atoms with E-state index in [-0.39, 0.29) is 24.1 Å². The van der Waals surface area contributed by atoms with Gasteiger partial charge in [0, 0.05) is 31.5 Å². The van der Waals surface area contributed by atoms with Crippen molar-refractivity contribution in [2.24, 2.45) is 0 Å². The van der Waals surface area contributed by atoms with Gasteiger partial charge in [0.2, 0.25) is 11.8 Å². The van der Waals surface area contributed by atoms with Crippen LogP contribution in [-0.4, -0.2) is 31.0 Å². The SMILES string of the molecule is CNCCC(=O)NCCc1coc(-c2ccc(F)cc2)n1.Cl. The summed E-state index contributed by atoms with van der Waals surface area (Å²) in [6, 6.07) is 5.96. The fourth-order valence-corrected chi connectivity index (χ4v) is 1.80. The van der Waals surface area contributed by atoms with Gasteiger partial charge in [-0.15, -0.1) is 12.4 Å². The predicted octanol–water partition coefficient (Wildman–Crippen LogP) is 2.17. The highest BCUT2D eigenvalue weighted by Crippen LogP contribution is 2.18. The lowest BCUT2D eigenvalue weighted by molar-refractivity contribution is -0.120. The first-order valence-corrected chi connectivity index (χ1v) is 6.80. The van der Waals surface area contributed by atoms with Crippen molar-refractivity contribution in [3.05, 3.63) is 42.0 Å². The molecule has 0 radical (unpaired) electrons. The molecule has 0 fully saturated rings. The number of nitrogens with zero attached hydrogens (tertiary/aromatic N) is 1. The molecule has 0 aliphatic rings. The number of benzene rings is 1. The van der Waals surface area contributed by atoms with Crippen molar-refractivity contribution in [3.8, 4) is 11.5 Å². The second kappa shape index (κ2) is 9.17. The van der Waals surface area contributed by atoms with E-state index in [1.54, 1.807) is 25.4 Å². The monoisotopic (exact) mass is 327 g/mol. The van der Waals surface area contributed by atoms with Crippen LogP contribution in [0.25, 0.3) is 11.5 Å². The number of halogens is 2. The minimum atomic E-state index is -0.296. The minimum absolute atomic E-state index is 0. The molecule has 1 amide bonds. The Morgan fingerprint density at radius 1 is 1.27 bits per heavy atom. The van der Waals surface area contributed by atoms with Crippen LogP contribution in [-0.2, 0) is 11.2 Å². The third-order valence-corrected chi connectivity index (χ3v) is 2.95. The number of rotatable bonds is 7. The fourth-order valence-electron chi connectivity index (χ4n) is 1.80. The highest BCUT2D eigenvalue weighted by molar-refractivity contribution is 5.85. The van der Waals surface area contributed by atoms with Crippen LogP contribution in [0, 0.1) is 5.82 Å². The molecule has 1 aromatic carbocycles. The predicted molar refractivity (Wildman–Crippen MR) is 84.4 cm³/mol. The van der Waals surface area contributed by atoms with E-state index < -0.39 is 0 Å². The Kier molecular flexibility index (Phi) is 7.56. The van der Waals surface area contributed by atoms with Gasteiger partial charge in [-0.2, -0.15) is 0 Å². The van der Waals surface area contributed by atoms with Crippen molar-refractivity contribution in [2.75, 3.05) is 20.1 Å². The van der Waals surface area contributed by atoms with E-state index in [1.165, 1.54) is 12.1 Å². The zero-order valence-corrected chi connectivity index (χ0v) is 13.1. The maximum absolute atomic E-state index is 12.8. The summed E-state index contributed by atoms with van der Waals surface area (Å²) in [5, 5.41) is 5.73. The molecular formula is C15H19ClFN3O2. The van der Waals surface area contributed by atoms with Crippen LogP contribution in [0.1, 0.15) is 12.1 Å². The maximum Gasteiger partial charge on any atom is 0.226 e. The first-order chi connectivity index (χ1) is 10.2. The van der Waals surface area contributed by atoms with E-state index in [4.69, 9.17) is 4.42 Å². The average Bonchev–Trinajstić information content (AvgIpc) is 2.95. The summed E-state index contributed by atoms with van der Waals surface area (Å²) in [6.07, 6.45) is 2.60. The van der Waals surface area contributed by atoms with E-state index >= 15 is 0 Å². The fraction of sp³-hybridized carbons (Fsp3) is 0.333. The smallest absolute Gasteiger partial charge is 0.226 e. The Balaban J connectivity index is 0.00000242. The van der Waals surface area contributed by atoms with Crippen LogP contribution >= 0.6 is 12.4 Å². The lowest BCUT2D eigenvalue weighted by Gasteiger charge is -2.02. The van der Waals surface area contributed by atoms with Crippen LogP contribution in [0.2, 0.25) is 0 Å². The second-order valence-electron chi connectivity index (χ2n) is 4.60. The molecule has 22 heavy (non-hydrogen) atoms. The average molecular weight is 328 g/mol. The maximum atomic E-state index is 12.8. The van der Waals surface area contributed by atoms with Gasteiger partial charge >= 0.3 is 0 Å². The van der Waals surface area contributed by atoms with Crippen LogP contribution in [0.3, 0.4) is 0 Å². The van der Waals surface area contributed by atoms with E-state index in [0.29, 0.717) is 31.8 Å². The number of hydrogen-bond donors (Lipinski definition) is 2. The molecule has 2 aromatic rings. The van der Waals surface area contributed by atoms with Gasteiger partial charge in [0.05, 0.1) is 5.69 Å². The molecule has 1 aromatic heterocycles. The summed E-state index contributed by atoms with van der Waals surface area (Å²) in [4.78, 5) is 15.7. The summed E-state index contributed by atoms with van der Waals surface area (Å²) in [5.41, 5.74) is 1.48. The van der Waals surface area contributed by atoms with Crippen LogP contribution < -0.4 is 10.6 Å². The molecule has 0 unspecified atom stereocenters. The molecule has 0 aliphatic carbocycles. The first-order valence-electron chi connectivity index (χ1n) is 6.80. The Hall–Kier alpha value is -1.92. The number of hydrogen-bond acceptors (Lipinski definition) is 4. The van der Waals surface area contributed by atoms with E-state index in [0.717, 1.165) is 11.3 Å². The van der Waals surface area contributed by atoms with Crippen molar-refractivity contribution in [1.29, 1.82) is 0 Å². The van der Waals surface area contributed by atoms with Gasteiger partial charge in [0.15, 0.2) is 0 Å². The summed E-state index contributed by atoms with van der Waals surface area (Å²) < 4.78 is 18.2. The number of nitrogens with one attached hydrogen (secondary N) is 2. The molecule has 0 atom stereocenters. The molecule has 120 valence electrons. The lowest BCUT2D eigenvalue weighted by Crippen LogP contribution is -2.28. The number of carbonyl (C=O) groups is 1. The highest BCUT2D eigenvalue weighted by atomic mass is 35.5. The van der Waals surface area contributed by atoms with E-state index in [1.807, 2.05) is 0 Å². The van der Waals surface area contributed by atoms with E-state index in [2.05, 4.69) is 15.6 Å². The first kappa shape index (κ1) is 18.1. The van der Waals surface area contributed by atoms with Crippen LogP contribution in [0.4, 0.5) is 4.39 Å². The van der Waals surface area contributed by atoms with Gasteiger partial charge < -0.3 is 15.1 Å². The van der Waals surface area contributed by atoms with Gasteiger partial charge in [0.25, 0.3) is 0 Å². The van der Waals surface area contributed by atoms with Gasteiger partial charge in [-0.1, -0.05) is 0 Å². The Morgan fingerprint density at radius 3 is 2.68 bits per heavy atom. The molecule has 1 heterocycles. The molecule has 2 rings (SSSR count). The molecule has 0 saturated heterocycles. The largest absolute Gasteiger partial charge is 0.444 e.